The molecule has 6 nitrogen and oxygen atoms in total. The minimum Gasteiger partial charge on any atom is -0.499 e. The monoisotopic (exact) mass is 679 g/mol. The summed E-state index contributed by atoms with van der Waals surface area (Å²) in [4.78, 5) is 0. The molecule has 0 radical (unpaired) electrons. The van der Waals surface area contributed by atoms with Crippen LogP contribution >= 0.6 is 0 Å². The van der Waals surface area contributed by atoms with Crippen molar-refractivity contribution in [3.63, 3.8) is 0 Å². The van der Waals surface area contributed by atoms with Crippen LogP contribution in [-0.2, 0) is 4.74 Å². The molecule has 0 fully saturated rings. The van der Waals surface area contributed by atoms with Gasteiger partial charge in [0.15, 0.2) is 0 Å². The first-order chi connectivity index (χ1) is 23.2. The van der Waals surface area contributed by atoms with Crippen LogP contribution in [0.1, 0.15) is 182 Å². The number of ether oxygens (including phenoxy) is 1. The summed E-state index contributed by atoms with van der Waals surface area (Å²) >= 11 is 0. The van der Waals surface area contributed by atoms with E-state index < -0.39 is 29.5 Å². The number of hydrogen-bond acceptors (Lipinski definition) is 6. The fourth-order valence-corrected chi connectivity index (χ4v) is 5.91. The lowest BCUT2D eigenvalue weighted by Crippen LogP contribution is -2.64. The van der Waals surface area contributed by atoms with Crippen LogP contribution in [-0.4, -0.2) is 61.7 Å². The highest BCUT2D eigenvalue weighted by molar-refractivity contribution is 5.23. The molecule has 282 valence electrons. The average molecular weight is 679 g/mol. The zero-order valence-electron chi connectivity index (χ0n) is 31.7. The van der Waals surface area contributed by atoms with E-state index in [2.05, 4.69) is 27.7 Å². The SMILES string of the molecule is CCCCCCCC=COC[C@@H](O)[C@](O)(C=CCCCCCCC)[C@H](O)[C@](O)(C=CCCCCCCC)C(O)C=CCCCCCCC. The Balaban J connectivity index is 5.95. The van der Waals surface area contributed by atoms with Crippen LogP contribution in [0.2, 0.25) is 0 Å². The van der Waals surface area contributed by atoms with Crippen molar-refractivity contribution < 1.29 is 30.3 Å². The molecule has 0 aromatic rings. The quantitative estimate of drug-likeness (QED) is 0.0263. The van der Waals surface area contributed by atoms with Crippen molar-refractivity contribution in [2.75, 3.05) is 6.61 Å². The van der Waals surface area contributed by atoms with Crippen molar-refractivity contribution in [2.45, 2.75) is 211 Å². The fraction of sp³-hybridized carbons (Fsp3) is 0.810. The third kappa shape index (κ3) is 21.6. The third-order valence-corrected chi connectivity index (χ3v) is 9.32. The van der Waals surface area contributed by atoms with E-state index in [9.17, 15) is 25.5 Å². The summed E-state index contributed by atoms with van der Waals surface area (Å²) in [7, 11) is 0. The summed E-state index contributed by atoms with van der Waals surface area (Å²) in [5, 5.41) is 58.4. The predicted molar refractivity (Wildman–Crippen MR) is 204 cm³/mol. The Bertz CT molecular complexity index is 823. The molecule has 6 heteroatoms. The Morgan fingerprint density at radius 3 is 1.29 bits per heavy atom. The highest BCUT2D eigenvalue weighted by atomic mass is 16.5. The summed E-state index contributed by atoms with van der Waals surface area (Å²) < 4.78 is 5.62. The molecule has 0 heterocycles. The van der Waals surface area contributed by atoms with Crippen molar-refractivity contribution >= 4 is 0 Å². The molecule has 0 aliphatic rings. The summed E-state index contributed by atoms with van der Waals surface area (Å²) in [5.41, 5.74) is -4.51. The average Bonchev–Trinajstić information content (AvgIpc) is 3.08. The Morgan fingerprint density at radius 2 is 0.854 bits per heavy atom. The van der Waals surface area contributed by atoms with Gasteiger partial charge in [-0.1, -0.05) is 167 Å². The van der Waals surface area contributed by atoms with Crippen molar-refractivity contribution in [3.05, 3.63) is 48.8 Å². The van der Waals surface area contributed by atoms with Crippen LogP contribution in [0.25, 0.3) is 0 Å². The molecule has 5 atom stereocenters. The molecule has 0 saturated heterocycles. The molecule has 0 spiro atoms. The lowest BCUT2D eigenvalue weighted by atomic mass is 9.76. The zero-order valence-corrected chi connectivity index (χ0v) is 31.7. The van der Waals surface area contributed by atoms with Crippen molar-refractivity contribution in [2.24, 2.45) is 0 Å². The van der Waals surface area contributed by atoms with E-state index in [1.165, 1.54) is 75.9 Å². The molecule has 0 aromatic heterocycles. The number of aliphatic hydroxyl groups excluding tert-OH is 3. The first-order valence-corrected chi connectivity index (χ1v) is 20.0. The summed E-state index contributed by atoms with van der Waals surface area (Å²) in [5.74, 6) is 0. The number of aliphatic hydroxyl groups is 5. The fourth-order valence-electron chi connectivity index (χ4n) is 5.91. The summed E-state index contributed by atoms with van der Waals surface area (Å²) in [6, 6.07) is 0. The van der Waals surface area contributed by atoms with Crippen molar-refractivity contribution in [1.29, 1.82) is 0 Å². The maximum absolute atomic E-state index is 12.0. The standard InChI is InChI=1S/C42H78O6/c1-5-9-13-17-21-25-29-33-38(43)41(46,34-30-26-22-18-14-10-6-2)40(45)42(47,35-31-27-23-19-15-11-7-3)39(44)37-48-36-32-28-24-20-16-12-8-4/h29-36,38-40,43-47H,5-28,37H2,1-4H3/t38?,39-,40-,41+,42-/m1/s1. The van der Waals surface area contributed by atoms with Crippen LogP contribution in [0.15, 0.2) is 48.8 Å². The second-order valence-electron chi connectivity index (χ2n) is 13.9. The van der Waals surface area contributed by atoms with Crippen molar-refractivity contribution in [1.82, 2.24) is 0 Å². The Hall–Kier alpha value is -1.44. The Morgan fingerprint density at radius 1 is 0.479 bits per heavy atom. The highest BCUT2D eigenvalue weighted by Gasteiger charge is 2.53. The van der Waals surface area contributed by atoms with E-state index in [0.29, 0.717) is 12.8 Å². The van der Waals surface area contributed by atoms with E-state index in [4.69, 9.17) is 4.74 Å². The third-order valence-electron chi connectivity index (χ3n) is 9.32. The largest absolute Gasteiger partial charge is 0.499 e. The van der Waals surface area contributed by atoms with Gasteiger partial charge in [0.25, 0.3) is 0 Å². The molecule has 0 rings (SSSR count). The lowest BCUT2D eigenvalue weighted by molar-refractivity contribution is -0.198. The minimum atomic E-state index is -2.27. The van der Waals surface area contributed by atoms with Gasteiger partial charge in [-0.2, -0.15) is 0 Å². The van der Waals surface area contributed by atoms with Gasteiger partial charge >= 0.3 is 0 Å². The first-order valence-electron chi connectivity index (χ1n) is 20.0. The van der Waals surface area contributed by atoms with Gasteiger partial charge in [-0.3, -0.25) is 0 Å². The second kappa shape index (κ2) is 31.5. The molecule has 0 aliphatic carbocycles. The molecular weight excluding hydrogens is 600 g/mol. The lowest BCUT2D eigenvalue weighted by Gasteiger charge is -2.43. The molecule has 0 saturated carbocycles. The molecule has 5 N–H and O–H groups in total. The van der Waals surface area contributed by atoms with E-state index >= 15 is 0 Å². The van der Waals surface area contributed by atoms with Crippen molar-refractivity contribution in [3.8, 4) is 0 Å². The van der Waals surface area contributed by atoms with Crippen LogP contribution in [0.3, 0.4) is 0 Å². The summed E-state index contributed by atoms with van der Waals surface area (Å²) in [6.07, 6.45) is 33.6. The van der Waals surface area contributed by atoms with Gasteiger partial charge in [0, 0.05) is 0 Å². The van der Waals surface area contributed by atoms with Gasteiger partial charge in [0.2, 0.25) is 0 Å². The van der Waals surface area contributed by atoms with Gasteiger partial charge in [0.05, 0.1) is 6.26 Å². The number of hydrogen-bond donors (Lipinski definition) is 5. The van der Waals surface area contributed by atoms with E-state index in [1.807, 2.05) is 12.2 Å². The molecule has 1 unspecified atom stereocenters. The number of unbranched alkanes of at least 4 members (excludes halogenated alkanes) is 20. The Labute approximate surface area is 296 Å². The zero-order chi connectivity index (χ0) is 35.8. The van der Waals surface area contributed by atoms with Gasteiger partial charge in [0.1, 0.15) is 36.1 Å². The Kier molecular flexibility index (Phi) is 30.6. The molecule has 0 aliphatic heterocycles. The highest BCUT2D eigenvalue weighted by Crippen LogP contribution is 2.32. The predicted octanol–water partition coefficient (Wildman–Crippen LogP) is 10.2. The van der Waals surface area contributed by atoms with Crippen LogP contribution in [0.4, 0.5) is 0 Å². The normalized spacial score (nSPS) is 17.0. The minimum absolute atomic E-state index is 0.276. The maximum Gasteiger partial charge on any atom is 0.141 e. The molecule has 0 bridgehead atoms. The molecular formula is C42H78O6. The molecule has 0 aromatic carbocycles. The van der Waals surface area contributed by atoms with Crippen LogP contribution in [0, 0.1) is 0 Å². The van der Waals surface area contributed by atoms with Crippen LogP contribution < -0.4 is 0 Å². The van der Waals surface area contributed by atoms with Gasteiger partial charge in [-0.15, -0.1) is 0 Å². The number of rotatable bonds is 34. The van der Waals surface area contributed by atoms with Crippen LogP contribution in [0.5, 0.6) is 0 Å². The summed E-state index contributed by atoms with van der Waals surface area (Å²) in [6.45, 7) is 8.45. The maximum atomic E-state index is 12.0. The molecule has 48 heavy (non-hydrogen) atoms. The molecule has 0 amide bonds. The topological polar surface area (TPSA) is 110 Å². The first kappa shape index (κ1) is 46.6. The number of allylic oxidation sites excluding steroid dienone is 4. The van der Waals surface area contributed by atoms with E-state index in [0.717, 1.165) is 89.9 Å². The van der Waals surface area contributed by atoms with E-state index in [-0.39, 0.29) is 6.61 Å². The van der Waals surface area contributed by atoms with Gasteiger partial charge in [-0.25, -0.2) is 0 Å². The van der Waals surface area contributed by atoms with Gasteiger partial charge < -0.3 is 30.3 Å². The second-order valence-corrected chi connectivity index (χ2v) is 13.9. The van der Waals surface area contributed by atoms with E-state index in [1.54, 1.807) is 12.2 Å². The smallest absolute Gasteiger partial charge is 0.141 e. The van der Waals surface area contributed by atoms with Gasteiger partial charge in [-0.05, 0) is 57.4 Å².